The van der Waals surface area contributed by atoms with Crippen LogP contribution in [-0.4, -0.2) is 11.5 Å². The summed E-state index contributed by atoms with van der Waals surface area (Å²) in [5, 5.41) is 4.27. The second kappa shape index (κ2) is 7.67. The highest BCUT2D eigenvalue weighted by molar-refractivity contribution is 7.99. The summed E-state index contributed by atoms with van der Waals surface area (Å²) in [6, 6.07) is 10.6. The van der Waals surface area contributed by atoms with E-state index in [-0.39, 0.29) is 0 Å². The molecule has 106 valence electrons. The zero-order valence-electron chi connectivity index (χ0n) is 11.8. The number of pyridine rings is 1. The van der Waals surface area contributed by atoms with Crippen molar-refractivity contribution >= 4 is 23.4 Å². The SMILES string of the molecule is CCCNC(C)c1ccc(Sc2ccncc2)c(Cl)c1. The first-order valence-electron chi connectivity index (χ1n) is 6.81. The lowest BCUT2D eigenvalue weighted by Crippen LogP contribution is -2.19. The van der Waals surface area contributed by atoms with Crippen LogP contribution in [0.2, 0.25) is 5.02 Å². The minimum Gasteiger partial charge on any atom is -0.310 e. The Morgan fingerprint density at radius 1 is 1.25 bits per heavy atom. The summed E-state index contributed by atoms with van der Waals surface area (Å²) in [7, 11) is 0. The normalized spacial score (nSPS) is 12.3. The molecule has 1 aromatic heterocycles. The molecule has 2 nitrogen and oxygen atoms in total. The quantitative estimate of drug-likeness (QED) is 0.817. The molecule has 0 spiro atoms. The molecular weight excluding hydrogens is 288 g/mol. The molecule has 2 aromatic rings. The smallest absolute Gasteiger partial charge is 0.0548 e. The van der Waals surface area contributed by atoms with Crippen LogP contribution in [-0.2, 0) is 0 Å². The molecule has 0 radical (unpaired) electrons. The molecule has 0 bridgehead atoms. The average molecular weight is 307 g/mol. The summed E-state index contributed by atoms with van der Waals surface area (Å²) in [5.74, 6) is 0. The van der Waals surface area contributed by atoms with Gasteiger partial charge in [-0.3, -0.25) is 4.98 Å². The first-order chi connectivity index (χ1) is 9.70. The van der Waals surface area contributed by atoms with Crippen LogP contribution in [0.15, 0.2) is 52.5 Å². The van der Waals surface area contributed by atoms with Gasteiger partial charge in [-0.2, -0.15) is 0 Å². The number of hydrogen-bond acceptors (Lipinski definition) is 3. The fraction of sp³-hybridized carbons (Fsp3) is 0.312. The Balaban J connectivity index is 2.10. The van der Waals surface area contributed by atoms with Crippen LogP contribution in [0.5, 0.6) is 0 Å². The van der Waals surface area contributed by atoms with E-state index in [1.165, 1.54) is 5.56 Å². The average Bonchev–Trinajstić information content (AvgIpc) is 2.48. The van der Waals surface area contributed by atoms with E-state index in [2.05, 4.69) is 42.3 Å². The molecule has 0 aliphatic rings. The molecule has 4 heteroatoms. The second-order valence-corrected chi connectivity index (χ2v) is 6.17. The van der Waals surface area contributed by atoms with Gasteiger partial charge < -0.3 is 5.32 Å². The van der Waals surface area contributed by atoms with Gasteiger partial charge in [0.05, 0.1) is 5.02 Å². The molecule has 0 amide bonds. The number of rotatable bonds is 6. The Morgan fingerprint density at radius 2 is 2.00 bits per heavy atom. The number of nitrogens with one attached hydrogen (secondary N) is 1. The third-order valence-corrected chi connectivity index (χ3v) is 4.54. The van der Waals surface area contributed by atoms with Crippen molar-refractivity contribution in [3.05, 3.63) is 53.3 Å². The lowest BCUT2D eigenvalue weighted by Gasteiger charge is -2.15. The van der Waals surface area contributed by atoms with Crippen LogP contribution in [0.1, 0.15) is 31.9 Å². The number of aromatic nitrogens is 1. The van der Waals surface area contributed by atoms with Crippen molar-refractivity contribution < 1.29 is 0 Å². The maximum Gasteiger partial charge on any atom is 0.0548 e. The lowest BCUT2D eigenvalue weighted by atomic mass is 10.1. The number of benzene rings is 1. The van der Waals surface area contributed by atoms with E-state index in [4.69, 9.17) is 11.6 Å². The van der Waals surface area contributed by atoms with Gasteiger partial charge in [-0.05, 0) is 49.7 Å². The third-order valence-electron chi connectivity index (χ3n) is 3.03. The van der Waals surface area contributed by atoms with Crippen molar-refractivity contribution in [3.8, 4) is 0 Å². The van der Waals surface area contributed by atoms with E-state index in [1.807, 2.05) is 12.1 Å². The highest BCUT2D eigenvalue weighted by Crippen LogP contribution is 2.34. The minimum atomic E-state index is 0.326. The zero-order chi connectivity index (χ0) is 14.4. The zero-order valence-corrected chi connectivity index (χ0v) is 13.3. The summed E-state index contributed by atoms with van der Waals surface area (Å²) in [6.07, 6.45) is 4.72. The molecule has 2 rings (SSSR count). The van der Waals surface area contributed by atoms with Crippen molar-refractivity contribution in [3.63, 3.8) is 0 Å². The Kier molecular flexibility index (Phi) is 5.89. The Labute approximate surface area is 130 Å². The molecule has 0 aliphatic carbocycles. The fourth-order valence-electron chi connectivity index (χ4n) is 1.88. The summed E-state index contributed by atoms with van der Waals surface area (Å²) >= 11 is 8.05. The maximum atomic E-state index is 6.39. The number of hydrogen-bond donors (Lipinski definition) is 1. The van der Waals surface area contributed by atoms with Gasteiger partial charge in [-0.1, -0.05) is 36.4 Å². The molecule has 0 saturated heterocycles. The lowest BCUT2D eigenvalue weighted by molar-refractivity contribution is 0.570. The first kappa shape index (κ1) is 15.4. The fourth-order valence-corrected chi connectivity index (χ4v) is 2.99. The van der Waals surface area contributed by atoms with Gasteiger partial charge in [0.2, 0.25) is 0 Å². The van der Waals surface area contributed by atoms with Crippen LogP contribution in [0, 0.1) is 0 Å². The van der Waals surface area contributed by atoms with Crippen molar-refractivity contribution in [2.45, 2.75) is 36.1 Å². The molecule has 0 saturated carbocycles. The van der Waals surface area contributed by atoms with Gasteiger partial charge in [0, 0.05) is 28.2 Å². The highest BCUT2D eigenvalue weighted by atomic mass is 35.5. The Bertz CT molecular complexity index is 545. The van der Waals surface area contributed by atoms with Crippen LogP contribution < -0.4 is 5.32 Å². The van der Waals surface area contributed by atoms with Crippen LogP contribution in [0.3, 0.4) is 0 Å². The molecule has 1 heterocycles. The molecule has 0 aliphatic heterocycles. The molecule has 0 fully saturated rings. The summed E-state index contributed by atoms with van der Waals surface area (Å²) < 4.78 is 0. The van der Waals surface area contributed by atoms with Crippen molar-refractivity contribution in [2.24, 2.45) is 0 Å². The van der Waals surface area contributed by atoms with Crippen molar-refractivity contribution in [1.82, 2.24) is 10.3 Å². The van der Waals surface area contributed by atoms with Crippen molar-refractivity contribution in [2.75, 3.05) is 6.54 Å². The molecule has 1 atom stereocenters. The second-order valence-electron chi connectivity index (χ2n) is 4.65. The topological polar surface area (TPSA) is 24.9 Å². The summed E-state index contributed by atoms with van der Waals surface area (Å²) in [6.45, 7) is 5.35. The third kappa shape index (κ3) is 4.23. The molecule has 1 unspecified atom stereocenters. The molecular formula is C16H19ClN2S. The number of nitrogens with zero attached hydrogens (tertiary/aromatic N) is 1. The van der Waals surface area contributed by atoms with E-state index in [9.17, 15) is 0 Å². The van der Waals surface area contributed by atoms with E-state index in [0.717, 1.165) is 27.8 Å². The van der Waals surface area contributed by atoms with Crippen molar-refractivity contribution in [1.29, 1.82) is 0 Å². The van der Waals surface area contributed by atoms with E-state index < -0.39 is 0 Å². The van der Waals surface area contributed by atoms with Gasteiger partial charge >= 0.3 is 0 Å². The van der Waals surface area contributed by atoms with Crippen LogP contribution >= 0.6 is 23.4 Å². The molecule has 1 N–H and O–H groups in total. The summed E-state index contributed by atoms with van der Waals surface area (Å²) in [5.41, 5.74) is 1.22. The predicted octanol–water partition coefficient (Wildman–Crippen LogP) is 4.95. The van der Waals surface area contributed by atoms with Gasteiger partial charge in [0.1, 0.15) is 0 Å². The highest BCUT2D eigenvalue weighted by Gasteiger charge is 2.08. The van der Waals surface area contributed by atoms with E-state index in [1.54, 1.807) is 24.2 Å². The molecule has 20 heavy (non-hydrogen) atoms. The van der Waals surface area contributed by atoms with Crippen LogP contribution in [0.25, 0.3) is 0 Å². The standard InChI is InChI=1S/C16H19ClN2S/c1-3-8-19-12(2)13-4-5-16(15(17)11-13)20-14-6-9-18-10-7-14/h4-7,9-12,19H,3,8H2,1-2H3. The maximum absolute atomic E-state index is 6.39. The van der Waals surface area contributed by atoms with E-state index in [0.29, 0.717) is 6.04 Å². The monoisotopic (exact) mass is 306 g/mol. The largest absolute Gasteiger partial charge is 0.310 e. The predicted molar refractivity (Wildman–Crippen MR) is 86.5 cm³/mol. The van der Waals surface area contributed by atoms with E-state index >= 15 is 0 Å². The van der Waals surface area contributed by atoms with Gasteiger partial charge in [-0.15, -0.1) is 0 Å². The molecule has 1 aromatic carbocycles. The Hall–Kier alpha value is -1.03. The first-order valence-corrected chi connectivity index (χ1v) is 8.01. The Morgan fingerprint density at radius 3 is 2.65 bits per heavy atom. The summed E-state index contributed by atoms with van der Waals surface area (Å²) in [4.78, 5) is 6.24. The van der Waals surface area contributed by atoms with Gasteiger partial charge in [0.25, 0.3) is 0 Å². The minimum absolute atomic E-state index is 0.326. The van der Waals surface area contributed by atoms with Gasteiger partial charge in [-0.25, -0.2) is 0 Å². The van der Waals surface area contributed by atoms with Crippen LogP contribution in [0.4, 0.5) is 0 Å². The number of halogens is 1. The van der Waals surface area contributed by atoms with Gasteiger partial charge in [0.15, 0.2) is 0 Å².